The molecule has 0 bridgehead atoms. The van der Waals surface area contributed by atoms with Gasteiger partial charge in [0.2, 0.25) is 5.91 Å². The molecule has 0 radical (unpaired) electrons. The van der Waals surface area contributed by atoms with Crippen LogP contribution in [0.25, 0.3) is 0 Å². The maximum absolute atomic E-state index is 12.6. The molecule has 0 aromatic rings. The monoisotopic (exact) mass is 1090 g/mol. The van der Waals surface area contributed by atoms with Gasteiger partial charge in [-0.25, -0.2) is 0 Å². The fourth-order valence-electron chi connectivity index (χ4n) is 11.4. The van der Waals surface area contributed by atoms with Crippen LogP contribution in [0.3, 0.4) is 0 Å². The van der Waals surface area contributed by atoms with Crippen LogP contribution < -0.4 is 5.32 Å². The number of allylic oxidation sites excluding steroid dienone is 2. The predicted octanol–water partition coefficient (Wildman–Crippen LogP) is 22.8. The van der Waals surface area contributed by atoms with Gasteiger partial charge in [-0.2, -0.15) is 0 Å². The van der Waals surface area contributed by atoms with Crippen LogP contribution >= 0.6 is 0 Å². The van der Waals surface area contributed by atoms with Gasteiger partial charge < -0.3 is 20.3 Å². The number of ether oxygens (including phenoxy) is 1. The Morgan fingerprint density at radius 1 is 0.351 bits per heavy atom. The molecule has 0 fully saturated rings. The lowest BCUT2D eigenvalue weighted by molar-refractivity contribution is -0.143. The standard InChI is InChI=1S/C71H139NO5/c1-3-5-7-9-11-13-15-17-19-21-23-24-25-26-27-28-31-35-39-43-47-51-55-59-63-69(74)68(67-73)72-70(75)64-60-56-52-48-44-40-36-32-29-30-34-38-42-46-50-54-58-62-66-77-71(76)65-61-57-53-49-45-41-37-33-22-20-18-16-14-12-10-8-6-4-2/h20,22,68-69,73-74H,3-19,21,23-67H2,1-2H3,(H,72,75)/b22-20-. The fraction of sp³-hybridized carbons (Fsp3) is 0.944. The molecule has 0 heterocycles. The van der Waals surface area contributed by atoms with Gasteiger partial charge in [0.1, 0.15) is 0 Å². The molecule has 0 spiro atoms. The maximum Gasteiger partial charge on any atom is 0.305 e. The van der Waals surface area contributed by atoms with Gasteiger partial charge in [0.25, 0.3) is 0 Å². The highest BCUT2D eigenvalue weighted by Crippen LogP contribution is 2.19. The van der Waals surface area contributed by atoms with Crippen molar-refractivity contribution < 1.29 is 24.5 Å². The van der Waals surface area contributed by atoms with Gasteiger partial charge in [-0.3, -0.25) is 9.59 Å². The highest BCUT2D eigenvalue weighted by atomic mass is 16.5. The molecule has 77 heavy (non-hydrogen) atoms. The SMILES string of the molecule is CCCCCCCCC/C=C\CCCCCCCCCC(=O)OCCCCCCCCCCCCCCCCCCCCC(=O)NC(CO)C(O)CCCCCCCCCCCCCCCCCCCCCCCCCC. The molecule has 0 aromatic carbocycles. The van der Waals surface area contributed by atoms with E-state index in [0.29, 0.717) is 25.9 Å². The van der Waals surface area contributed by atoms with Crippen molar-refractivity contribution in [1.29, 1.82) is 0 Å². The zero-order chi connectivity index (χ0) is 55.7. The van der Waals surface area contributed by atoms with Gasteiger partial charge in [0.05, 0.1) is 25.4 Å². The summed E-state index contributed by atoms with van der Waals surface area (Å²) in [6.45, 7) is 4.99. The van der Waals surface area contributed by atoms with E-state index in [1.807, 2.05) is 0 Å². The number of hydrogen-bond acceptors (Lipinski definition) is 5. The smallest absolute Gasteiger partial charge is 0.305 e. The quantitative estimate of drug-likeness (QED) is 0.0320. The van der Waals surface area contributed by atoms with Crippen molar-refractivity contribution in [2.24, 2.45) is 0 Å². The van der Waals surface area contributed by atoms with E-state index in [1.165, 1.54) is 327 Å². The van der Waals surface area contributed by atoms with E-state index in [-0.39, 0.29) is 18.5 Å². The summed E-state index contributed by atoms with van der Waals surface area (Å²) in [4.78, 5) is 24.7. The minimum Gasteiger partial charge on any atom is -0.466 e. The van der Waals surface area contributed by atoms with Crippen LogP contribution in [0.1, 0.15) is 406 Å². The number of amides is 1. The van der Waals surface area contributed by atoms with E-state index in [0.717, 1.165) is 44.9 Å². The Hall–Kier alpha value is -1.40. The Labute approximate surface area is 482 Å². The average molecular weight is 1090 g/mol. The zero-order valence-corrected chi connectivity index (χ0v) is 52.5. The normalized spacial score (nSPS) is 12.5. The number of esters is 1. The maximum atomic E-state index is 12.6. The van der Waals surface area contributed by atoms with Gasteiger partial charge in [0.15, 0.2) is 0 Å². The summed E-state index contributed by atoms with van der Waals surface area (Å²) in [5.41, 5.74) is 0. The molecule has 0 saturated heterocycles. The van der Waals surface area contributed by atoms with E-state index in [2.05, 4.69) is 31.3 Å². The Bertz CT molecular complexity index is 1160. The number of unbranched alkanes of at least 4 members (excludes halogenated alkanes) is 54. The summed E-state index contributed by atoms with van der Waals surface area (Å²) < 4.78 is 5.50. The van der Waals surface area contributed by atoms with Crippen molar-refractivity contribution in [3.8, 4) is 0 Å². The molecule has 0 saturated carbocycles. The van der Waals surface area contributed by atoms with Crippen LogP contribution in [0.2, 0.25) is 0 Å². The fourth-order valence-corrected chi connectivity index (χ4v) is 11.4. The summed E-state index contributed by atoms with van der Waals surface area (Å²) >= 11 is 0. The molecule has 0 aliphatic heterocycles. The number of carbonyl (C=O) groups is 2. The first kappa shape index (κ1) is 75.6. The third-order valence-electron chi connectivity index (χ3n) is 16.8. The molecule has 1 amide bonds. The summed E-state index contributed by atoms with van der Waals surface area (Å²) in [5, 5.41) is 23.4. The van der Waals surface area contributed by atoms with Crippen LogP contribution in [0.5, 0.6) is 0 Å². The molecule has 6 heteroatoms. The van der Waals surface area contributed by atoms with E-state index in [4.69, 9.17) is 4.74 Å². The minimum atomic E-state index is -0.668. The van der Waals surface area contributed by atoms with Gasteiger partial charge in [0, 0.05) is 12.8 Å². The number of hydrogen-bond donors (Lipinski definition) is 3. The Kier molecular flexibility index (Phi) is 65.9. The summed E-state index contributed by atoms with van der Waals surface area (Å²) in [5.74, 6) is -0.0277. The third kappa shape index (κ3) is 63.6. The first-order valence-electron chi connectivity index (χ1n) is 35.4. The molecule has 0 aromatic heterocycles. The number of rotatable bonds is 67. The highest BCUT2D eigenvalue weighted by Gasteiger charge is 2.20. The summed E-state index contributed by atoms with van der Waals surface area (Å²) in [7, 11) is 0. The van der Waals surface area contributed by atoms with Gasteiger partial charge >= 0.3 is 5.97 Å². The van der Waals surface area contributed by atoms with E-state index in [1.54, 1.807) is 0 Å². The van der Waals surface area contributed by atoms with Crippen LogP contribution in [-0.2, 0) is 14.3 Å². The summed E-state index contributed by atoms with van der Waals surface area (Å²) in [6, 6.07) is -0.546. The lowest BCUT2D eigenvalue weighted by Crippen LogP contribution is -2.45. The van der Waals surface area contributed by atoms with Crippen LogP contribution in [0.4, 0.5) is 0 Å². The predicted molar refractivity (Wildman–Crippen MR) is 338 cm³/mol. The van der Waals surface area contributed by atoms with Crippen molar-refractivity contribution in [3.05, 3.63) is 12.2 Å². The molecule has 3 N–H and O–H groups in total. The Balaban J connectivity index is 3.39. The lowest BCUT2D eigenvalue weighted by atomic mass is 10.0. The second-order valence-corrected chi connectivity index (χ2v) is 24.6. The van der Waals surface area contributed by atoms with Crippen molar-refractivity contribution >= 4 is 11.9 Å². The van der Waals surface area contributed by atoms with Gasteiger partial charge in [-0.05, 0) is 51.4 Å². The topological polar surface area (TPSA) is 95.9 Å². The third-order valence-corrected chi connectivity index (χ3v) is 16.8. The van der Waals surface area contributed by atoms with Crippen LogP contribution in [0.15, 0.2) is 12.2 Å². The van der Waals surface area contributed by atoms with Crippen molar-refractivity contribution in [2.45, 2.75) is 418 Å². The Morgan fingerprint density at radius 3 is 0.922 bits per heavy atom. The molecule has 2 unspecified atom stereocenters. The molecular weight excluding hydrogens is 947 g/mol. The number of aliphatic hydroxyl groups is 2. The summed E-state index contributed by atoms with van der Waals surface area (Å²) in [6.07, 6.45) is 82.5. The first-order chi connectivity index (χ1) is 38.0. The van der Waals surface area contributed by atoms with E-state index < -0.39 is 12.1 Å². The number of aliphatic hydroxyl groups excluding tert-OH is 2. The van der Waals surface area contributed by atoms with Gasteiger partial charge in [-0.15, -0.1) is 0 Å². The molecule has 6 nitrogen and oxygen atoms in total. The second kappa shape index (κ2) is 67.1. The van der Waals surface area contributed by atoms with E-state index in [9.17, 15) is 19.8 Å². The first-order valence-corrected chi connectivity index (χ1v) is 35.4. The van der Waals surface area contributed by atoms with Crippen LogP contribution in [-0.4, -0.2) is 47.4 Å². The van der Waals surface area contributed by atoms with Crippen molar-refractivity contribution in [1.82, 2.24) is 5.32 Å². The molecule has 0 aliphatic rings. The molecular formula is C71H139NO5. The largest absolute Gasteiger partial charge is 0.466 e. The van der Waals surface area contributed by atoms with Crippen molar-refractivity contribution in [2.75, 3.05) is 13.2 Å². The van der Waals surface area contributed by atoms with E-state index >= 15 is 0 Å². The lowest BCUT2D eigenvalue weighted by Gasteiger charge is -2.22. The number of nitrogens with one attached hydrogen (secondary N) is 1. The zero-order valence-electron chi connectivity index (χ0n) is 52.5. The highest BCUT2D eigenvalue weighted by molar-refractivity contribution is 5.76. The second-order valence-electron chi connectivity index (χ2n) is 24.6. The van der Waals surface area contributed by atoms with Crippen molar-refractivity contribution in [3.63, 3.8) is 0 Å². The number of carbonyl (C=O) groups excluding carboxylic acids is 2. The molecule has 0 rings (SSSR count). The van der Waals surface area contributed by atoms with Gasteiger partial charge in [-0.1, -0.05) is 353 Å². The van der Waals surface area contributed by atoms with Crippen LogP contribution in [0, 0.1) is 0 Å². The Morgan fingerprint density at radius 2 is 0.610 bits per heavy atom. The minimum absolute atomic E-state index is 0.00602. The molecule has 0 aliphatic carbocycles. The molecule has 2 atom stereocenters. The molecule has 458 valence electrons. The average Bonchev–Trinajstić information content (AvgIpc) is 3.43.